The van der Waals surface area contributed by atoms with Crippen LogP contribution in [0.25, 0.3) is 11.3 Å². The van der Waals surface area contributed by atoms with Crippen LogP contribution in [0.4, 0.5) is 5.69 Å². The van der Waals surface area contributed by atoms with E-state index in [1.165, 1.54) is 9.47 Å². The molecule has 1 aromatic heterocycles. The molecule has 3 aliphatic heterocycles. The second-order valence-electron chi connectivity index (χ2n) is 10.5. The molecule has 4 heterocycles. The average Bonchev–Trinajstić information content (AvgIpc) is 3.74. The van der Waals surface area contributed by atoms with E-state index in [2.05, 4.69) is 0 Å². The smallest absolute Gasteiger partial charge is 0.338 e. The zero-order valence-electron chi connectivity index (χ0n) is 24.8. The Balaban J connectivity index is 1.51. The van der Waals surface area contributed by atoms with E-state index in [9.17, 15) is 19.2 Å². The van der Waals surface area contributed by atoms with Crippen LogP contribution in [0.15, 0.2) is 88.2 Å². The molecule has 0 saturated heterocycles. The minimum Gasteiger partial charge on any atom is -0.465 e. The van der Waals surface area contributed by atoms with E-state index in [0.29, 0.717) is 39.6 Å². The maximum absolute atomic E-state index is 14.6. The van der Waals surface area contributed by atoms with E-state index in [1.54, 1.807) is 56.3 Å². The highest BCUT2D eigenvalue weighted by Crippen LogP contribution is 2.40. The van der Waals surface area contributed by atoms with Gasteiger partial charge in [-0.1, -0.05) is 65.9 Å². The summed E-state index contributed by atoms with van der Waals surface area (Å²) in [6, 6.07) is 20.4. The average molecular weight is 638 g/mol. The third-order valence-corrected chi connectivity index (χ3v) is 8.86. The molecule has 0 radical (unpaired) electrons. The number of esters is 2. The SMILES string of the molecule is CCOC(=O)CN1C(=O)/C(=c2/sc3n(c2=O)[C@H](c2ccc4c(c2)OCO4)C(C(=O)OCC)=C(c2ccccc2)N=3)c2ccccc21. The first-order chi connectivity index (χ1) is 22.4. The quantitative estimate of drug-likeness (QED) is 0.283. The molecular weight excluding hydrogens is 610 g/mol. The number of amides is 1. The molecule has 11 nitrogen and oxygen atoms in total. The molecule has 0 bridgehead atoms. The van der Waals surface area contributed by atoms with Crippen LogP contribution < -0.4 is 29.3 Å². The van der Waals surface area contributed by atoms with Crippen molar-refractivity contribution in [2.45, 2.75) is 19.9 Å². The molecule has 12 heteroatoms. The highest BCUT2D eigenvalue weighted by Gasteiger charge is 2.39. The zero-order chi connectivity index (χ0) is 31.9. The van der Waals surface area contributed by atoms with E-state index in [0.717, 1.165) is 11.3 Å². The Morgan fingerprint density at radius 3 is 2.46 bits per heavy atom. The predicted octanol–water partition coefficient (Wildman–Crippen LogP) is 2.94. The van der Waals surface area contributed by atoms with Crippen LogP contribution in [-0.4, -0.2) is 49.0 Å². The Bertz CT molecular complexity index is 2130. The number of rotatable bonds is 7. The molecule has 0 saturated carbocycles. The molecule has 3 aromatic carbocycles. The van der Waals surface area contributed by atoms with Crippen LogP contribution in [0.1, 0.15) is 36.6 Å². The van der Waals surface area contributed by atoms with Gasteiger partial charge in [-0.25, -0.2) is 9.79 Å². The fraction of sp³-hybridized carbons (Fsp3) is 0.206. The number of hydrogen-bond donors (Lipinski definition) is 0. The first-order valence-corrected chi connectivity index (χ1v) is 15.5. The number of fused-ring (bicyclic) bond motifs is 3. The number of ether oxygens (including phenoxy) is 4. The number of nitrogens with zero attached hydrogens (tertiary/aromatic N) is 3. The third-order valence-electron chi connectivity index (χ3n) is 7.80. The number of benzene rings is 3. The van der Waals surface area contributed by atoms with Gasteiger partial charge in [-0.2, -0.15) is 0 Å². The number of anilines is 1. The topological polar surface area (TPSA) is 126 Å². The van der Waals surface area contributed by atoms with Crippen LogP contribution in [-0.2, 0) is 23.9 Å². The summed E-state index contributed by atoms with van der Waals surface area (Å²) in [6.45, 7) is 3.41. The number of hydrogen-bond acceptors (Lipinski definition) is 10. The lowest BCUT2D eigenvalue weighted by Gasteiger charge is -2.26. The van der Waals surface area contributed by atoms with Crippen molar-refractivity contribution >= 4 is 46.1 Å². The van der Waals surface area contributed by atoms with Gasteiger partial charge in [0.25, 0.3) is 11.5 Å². The first-order valence-electron chi connectivity index (χ1n) is 14.7. The first kappa shape index (κ1) is 29.2. The molecule has 1 atom stereocenters. The molecule has 46 heavy (non-hydrogen) atoms. The van der Waals surface area contributed by atoms with E-state index >= 15 is 0 Å². The normalized spacial score (nSPS) is 17.4. The monoisotopic (exact) mass is 637 g/mol. The highest BCUT2D eigenvalue weighted by molar-refractivity contribution is 7.07. The zero-order valence-corrected chi connectivity index (χ0v) is 25.7. The van der Waals surface area contributed by atoms with Crippen LogP contribution >= 0.6 is 11.3 Å². The maximum Gasteiger partial charge on any atom is 0.338 e. The summed E-state index contributed by atoms with van der Waals surface area (Å²) in [7, 11) is 0. The van der Waals surface area contributed by atoms with Crippen molar-refractivity contribution in [2.75, 3.05) is 31.5 Å². The fourth-order valence-corrected chi connectivity index (χ4v) is 6.97. The van der Waals surface area contributed by atoms with Crippen molar-refractivity contribution < 1.29 is 33.3 Å². The molecular formula is C34H27N3O8S. The summed E-state index contributed by atoms with van der Waals surface area (Å²) in [6.07, 6.45) is 0. The number of aromatic nitrogens is 1. The minimum absolute atomic E-state index is 0.0462. The van der Waals surface area contributed by atoms with Crippen LogP contribution in [0.5, 0.6) is 11.5 Å². The molecule has 3 aliphatic rings. The number of thiazole rings is 1. The van der Waals surface area contributed by atoms with E-state index in [4.69, 9.17) is 23.9 Å². The van der Waals surface area contributed by atoms with Crippen molar-refractivity contribution in [2.24, 2.45) is 4.99 Å². The van der Waals surface area contributed by atoms with E-state index in [1.807, 2.05) is 30.3 Å². The number of carbonyl (C=O) groups excluding carboxylic acids is 3. The molecule has 0 spiro atoms. The molecule has 232 valence electrons. The highest BCUT2D eigenvalue weighted by atomic mass is 32.1. The minimum atomic E-state index is -0.975. The summed E-state index contributed by atoms with van der Waals surface area (Å²) in [5, 5.41) is 0. The van der Waals surface area contributed by atoms with Gasteiger partial charge in [0.05, 0.1) is 41.8 Å². The molecule has 0 fully saturated rings. The summed E-state index contributed by atoms with van der Waals surface area (Å²) < 4.78 is 23.4. The second kappa shape index (κ2) is 11.8. The lowest BCUT2D eigenvalue weighted by Crippen LogP contribution is -2.41. The lowest BCUT2D eigenvalue weighted by atomic mass is 9.93. The molecule has 1 amide bonds. The van der Waals surface area contributed by atoms with Crippen molar-refractivity contribution in [3.8, 4) is 11.5 Å². The summed E-state index contributed by atoms with van der Waals surface area (Å²) >= 11 is 1.05. The Hall–Kier alpha value is -5.49. The van der Waals surface area contributed by atoms with E-state index in [-0.39, 0.29) is 47.0 Å². The molecule has 4 aromatic rings. The van der Waals surface area contributed by atoms with Gasteiger partial charge in [0, 0.05) is 11.1 Å². The van der Waals surface area contributed by atoms with Crippen molar-refractivity contribution in [3.63, 3.8) is 0 Å². The molecule has 0 N–H and O–H groups in total. The molecule has 7 rings (SSSR count). The van der Waals surface area contributed by atoms with Gasteiger partial charge in [-0.15, -0.1) is 0 Å². The third kappa shape index (κ3) is 4.78. The fourth-order valence-electron chi connectivity index (χ4n) is 5.88. The van der Waals surface area contributed by atoms with Crippen molar-refractivity contribution in [1.82, 2.24) is 4.57 Å². The summed E-state index contributed by atoms with van der Waals surface area (Å²) in [4.78, 5) is 61.3. The van der Waals surface area contributed by atoms with Crippen LogP contribution in [0.3, 0.4) is 0 Å². The van der Waals surface area contributed by atoms with Gasteiger partial charge in [0.15, 0.2) is 16.3 Å². The Kier molecular flexibility index (Phi) is 7.49. The standard InChI is InChI=1S/C34H27N3O8S/c1-3-42-25(38)17-36-22-13-9-8-12-21(22)26(31(36)39)30-32(40)37-29(20-14-15-23-24(16-20)45-18-44-23)27(33(41)43-4-2)28(35-34(37)46-30)19-10-6-5-7-11-19/h5-16,29H,3-4,17-18H2,1-2H3/b30-26+/t29-/m1/s1. The van der Waals surface area contributed by atoms with Gasteiger partial charge >= 0.3 is 11.9 Å². The predicted molar refractivity (Wildman–Crippen MR) is 168 cm³/mol. The number of carbonyl (C=O) groups is 3. The van der Waals surface area contributed by atoms with Gasteiger partial charge in [0.2, 0.25) is 6.79 Å². The lowest BCUT2D eigenvalue weighted by molar-refractivity contribution is -0.142. The van der Waals surface area contributed by atoms with Crippen LogP contribution in [0.2, 0.25) is 0 Å². The maximum atomic E-state index is 14.6. The Labute approximate surface area is 266 Å². The van der Waals surface area contributed by atoms with Gasteiger partial charge < -0.3 is 18.9 Å². The van der Waals surface area contributed by atoms with Crippen molar-refractivity contribution in [1.29, 1.82) is 0 Å². The summed E-state index contributed by atoms with van der Waals surface area (Å²) in [5.74, 6) is -0.694. The van der Waals surface area contributed by atoms with E-state index < -0.39 is 29.4 Å². The number of para-hydroxylation sites is 1. The molecule has 0 unspecified atom stereocenters. The molecule has 0 aliphatic carbocycles. The van der Waals surface area contributed by atoms with Crippen LogP contribution in [0, 0.1) is 0 Å². The second-order valence-corrected chi connectivity index (χ2v) is 11.4. The summed E-state index contributed by atoms with van der Waals surface area (Å²) in [5.41, 5.74) is 2.36. The van der Waals surface area contributed by atoms with Gasteiger partial charge in [-0.05, 0) is 37.6 Å². The Morgan fingerprint density at radius 1 is 0.935 bits per heavy atom. The van der Waals surface area contributed by atoms with Crippen molar-refractivity contribution in [3.05, 3.63) is 115 Å². The Morgan fingerprint density at radius 2 is 1.67 bits per heavy atom. The van der Waals surface area contributed by atoms with Gasteiger partial charge in [-0.3, -0.25) is 23.9 Å². The van der Waals surface area contributed by atoms with Gasteiger partial charge in [0.1, 0.15) is 11.1 Å². The largest absolute Gasteiger partial charge is 0.465 e.